The van der Waals surface area contributed by atoms with Gasteiger partial charge in [0, 0.05) is 0 Å². The summed E-state index contributed by atoms with van der Waals surface area (Å²) in [6.45, 7) is 3.60. The first kappa shape index (κ1) is 15.1. The molecule has 0 aliphatic rings. The second-order valence-electron chi connectivity index (χ2n) is 3.85. The van der Waals surface area contributed by atoms with Crippen LogP contribution in [0, 0.1) is 11.7 Å². The second-order valence-corrected chi connectivity index (χ2v) is 3.85. The molecule has 104 valence electrons. The van der Waals surface area contributed by atoms with Gasteiger partial charge in [-0.2, -0.15) is 0 Å². The van der Waals surface area contributed by atoms with E-state index in [0.29, 0.717) is 0 Å². The molecule has 5 heteroatoms. The fraction of sp³-hybridized carbons (Fsp3) is 0.429. The van der Waals surface area contributed by atoms with Crippen molar-refractivity contribution in [2.24, 2.45) is 5.92 Å². The summed E-state index contributed by atoms with van der Waals surface area (Å²) in [5.41, 5.74) is 0.286. The van der Waals surface area contributed by atoms with E-state index in [1.807, 2.05) is 0 Å². The van der Waals surface area contributed by atoms with Crippen molar-refractivity contribution in [1.29, 1.82) is 0 Å². The van der Waals surface area contributed by atoms with E-state index >= 15 is 0 Å². The highest BCUT2D eigenvalue weighted by atomic mass is 19.1. The third kappa shape index (κ3) is 4.35. The zero-order valence-electron chi connectivity index (χ0n) is 11.0. The molecule has 0 aliphatic carbocycles. The second kappa shape index (κ2) is 7.51. The highest BCUT2D eigenvalue weighted by Gasteiger charge is 2.30. The maximum atomic E-state index is 13.5. The molecule has 4 nitrogen and oxygen atoms in total. The quantitative estimate of drug-likeness (QED) is 0.585. The average molecular weight is 268 g/mol. The molecule has 0 aliphatic heterocycles. The van der Waals surface area contributed by atoms with E-state index in [2.05, 4.69) is 0 Å². The molecule has 1 rings (SSSR count). The van der Waals surface area contributed by atoms with Crippen LogP contribution in [0.1, 0.15) is 19.4 Å². The Bertz CT molecular complexity index is 427. The zero-order valence-corrected chi connectivity index (χ0v) is 11.0. The lowest BCUT2D eigenvalue weighted by atomic mass is 9.99. The Balaban J connectivity index is 2.88. The number of rotatable bonds is 6. The Kier molecular flexibility index (Phi) is 5.99. The summed E-state index contributed by atoms with van der Waals surface area (Å²) >= 11 is 0. The predicted molar refractivity (Wildman–Crippen MR) is 66.9 cm³/mol. The largest absolute Gasteiger partial charge is 0.465 e. The topological polar surface area (TPSA) is 52.6 Å². The van der Waals surface area contributed by atoms with Crippen LogP contribution >= 0.6 is 0 Å². The third-order valence-corrected chi connectivity index (χ3v) is 2.52. The Labute approximate surface area is 111 Å². The normalized spacial score (nSPS) is 10.3. The van der Waals surface area contributed by atoms with Crippen LogP contribution in [0.5, 0.6) is 0 Å². The summed E-state index contributed by atoms with van der Waals surface area (Å²) < 4.78 is 23.2. The maximum Gasteiger partial charge on any atom is 0.320 e. The molecule has 0 radical (unpaired) electrons. The minimum absolute atomic E-state index is 0.0651. The molecule has 0 heterocycles. The summed E-state index contributed by atoms with van der Waals surface area (Å²) in [7, 11) is 0. The van der Waals surface area contributed by atoms with Gasteiger partial charge in [-0.15, -0.1) is 0 Å². The van der Waals surface area contributed by atoms with Crippen molar-refractivity contribution in [3.63, 3.8) is 0 Å². The van der Waals surface area contributed by atoms with Crippen molar-refractivity contribution in [2.45, 2.75) is 20.3 Å². The van der Waals surface area contributed by atoms with Gasteiger partial charge in [0.1, 0.15) is 5.82 Å². The van der Waals surface area contributed by atoms with Crippen LogP contribution < -0.4 is 0 Å². The van der Waals surface area contributed by atoms with Crippen LogP contribution in [0.3, 0.4) is 0 Å². The van der Waals surface area contributed by atoms with Crippen LogP contribution in [0.4, 0.5) is 4.39 Å². The smallest absolute Gasteiger partial charge is 0.320 e. The van der Waals surface area contributed by atoms with Gasteiger partial charge >= 0.3 is 11.9 Å². The molecule has 0 amide bonds. The molecule has 0 saturated carbocycles. The van der Waals surface area contributed by atoms with Crippen molar-refractivity contribution < 1.29 is 23.5 Å². The summed E-state index contributed by atoms with van der Waals surface area (Å²) in [5, 5.41) is 0. The van der Waals surface area contributed by atoms with Crippen LogP contribution in [-0.2, 0) is 25.5 Å². The van der Waals surface area contributed by atoms with Crippen molar-refractivity contribution in [3.05, 3.63) is 35.6 Å². The third-order valence-electron chi connectivity index (χ3n) is 2.52. The SMILES string of the molecule is CCOC(=O)C(Cc1ccccc1F)C(=O)OCC. The number of ether oxygens (including phenoxy) is 2. The van der Waals surface area contributed by atoms with Gasteiger partial charge in [0.2, 0.25) is 0 Å². The summed E-state index contributed by atoms with van der Waals surface area (Å²) in [6.07, 6.45) is -0.0651. The molecular weight excluding hydrogens is 251 g/mol. The van der Waals surface area contributed by atoms with Gasteiger partial charge in [0.25, 0.3) is 0 Å². The lowest BCUT2D eigenvalue weighted by molar-refractivity contribution is -0.161. The molecule has 0 atom stereocenters. The van der Waals surface area contributed by atoms with Gasteiger partial charge in [-0.3, -0.25) is 9.59 Å². The standard InChI is InChI=1S/C14H17FO4/c1-3-18-13(16)11(14(17)19-4-2)9-10-7-5-6-8-12(10)15/h5-8,11H,3-4,9H2,1-2H3. The molecule has 0 fully saturated rings. The van der Waals surface area contributed by atoms with Gasteiger partial charge in [-0.25, -0.2) is 4.39 Å². The molecule has 0 aromatic heterocycles. The van der Waals surface area contributed by atoms with E-state index < -0.39 is 23.7 Å². The monoisotopic (exact) mass is 268 g/mol. The summed E-state index contributed by atoms with van der Waals surface area (Å²) in [4.78, 5) is 23.5. The van der Waals surface area contributed by atoms with Crippen molar-refractivity contribution in [2.75, 3.05) is 13.2 Å². The first-order chi connectivity index (χ1) is 9.10. The Morgan fingerprint density at radius 1 is 1.11 bits per heavy atom. The number of hydrogen-bond donors (Lipinski definition) is 0. The minimum atomic E-state index is -1.13. The van der Waals surface area contributed by atoms with Crippen molar-refractivity contribution in [3.8, 4) is 0 Å². The first-order valence-corrected chi connectivity index (χ1v) is 6.16. The predicted octanol–water partition coefficient (Wildman–Crippen LogP) is 2.11. The number of benzene rings is 1. The van der Waals surface area contributed by atoms with E-state index in [4.69, 9.17) is 9.47 Å². The number of hydrogen-bond acceptors (Lipinski definition) is 4. The number of halogens is 1. The molecule has 0 unspecified atom stereocenters. The molecule has 1 aromatic rings. The highest BCUT2D eigenvalue weighted by molar-refractivity contribution is 5.95. The number of esters is 2. The fourth-order valence-electron chi connectivity index (χ4n) is 1.63. The molecule has 0 bridgehead atoms. The van der Waals surface area contributed by atoms with Crippen molar-refractivity contribution >= 4 is 11.9 Å². The minimum Gasteiger partial charge on any atom is -0.465 e. The van der Waals surface area contributed by atoms with E-state index in [1.165, 1.54) is 12.1 Å². The van der Waals surface area contributed by atoms with E-state index in [9.17, 15) is 14.0 Å². The number of carbonyl (C=O) groups is 2. The Hall–Kier alpha value is -1.91. The summed E-state index contributed by atoms with van der Waals surface area (Å²) in [6, 6.07) is 6.00. The lowest BCUT2D eigenvalue weighted by Gasteiger charge is -2.14. The Morgan fingerprint density at radius 2 is 1.63 bits per heavy atom. The van der Waals surface area contributed by atoms with Crippen LogP contribution in [-0.4, -0.2) is 25.2 Å². The molecule has 0 spiro atoms. The van der Waals surface area contributed by atoms with E-state index in [-0.39, 0.29) is 25.2 Å². The molecule has 19 heavy (non-hydrogen) atoms. The molecule has 0 saturated heterocycles. The van der Waals surface area contributed by atoms with Gasteiger partial charge in [0.15, 0.2) is 5.92 Å². The zero-order chi connectivity index (χ0) is 14.3. The van der Waals surface area contributed by atoms with Crippen molar-refractivity contribution in [1.82, 2.24) is 0 Å². The average Bonchev–Trinajstić information content (AvgIpc) is 2.38. The van der Waals surface area contributed by atoms with Crippen LogP contribution in [0.15, 0.2) is 24.3 Å². The fourth-order valence-corrected chi connectivity index (χ4v) is 1.63. The van der Waals surface area contributed by atoms with Crippen LogP contribution in [0.25, 0.3) is 0 Å². The van der Waals surface area contributed by atoms with Gasteiger partial charge in [-0.1, -0.05) is 18.2 Å². The van der Waals surface area contributed by atoms with Gasteiger partial charge in [0.05, 0.1) is 13.2 Å². The first-order valence-electron chi connectivity index (χ1n) is 6.16. The van der Waals surface area contributed by atoms with E-state index in [0.717, 1.165) is 0 Å². The highest BCUT2D eigenvalue weighted by Crippen LogP contribution is 2.15. The number of carbonyl (C=O) groups excluding carboxylic acids is 2. The maximum absolute atomic E-state index is 13.5. The van der Waals surface area contributed by atoms with Crippen LogP contribution in [0.2, 0.25) is 0 Å². The van der Waals surface area contributed by atoms with Gasteiger partial charge < -0.3 is 9.47 Å². The lowest BCUT2D eigenvalue weighted by Crippen LogP contribution is -2.30. The summed E-state index contributed by atoms with van der Waals surface area (Å²) in [5.74, 6) is -2.97. The molecule has 1 aromatic carbocycles. The molecule has 0 N–H and O–H groups in total. The van der Waals surface area contributed by atoms with Gasteiger partial charge in [-0.05, 0) is 31.9 Å². The molecular formula is C14H17FO4. The Morgan fingerprint density at radius 3 is 2.11 bits per heavy atom. The van der Waals surface area contributed by atoms with E-state index in [1.54, 1.807) is 26.0 Å².